The Labute approximate surface area is 201 Å². The third-order valence-corrected chi connectivity index (χ3v) is 8.78. The Morgan fingerprint density at radius 1 is 0.794 bits per heavy atom. The van der Waals surface area contributed by atoms with Crippen LogP contribution in [0.25, 0.3) is 0 Å². The Hall–Kier alpha value is -1.56. The van der Waals surface area contributed by atoms with E-state index in [1.54, 1.807) is 0 Å². The van der Waals surface area contributed by atoms with E-state index in [-0.39, 0.29) is 11.7 Å². The van der Waals surface area contributed by atoms with Crippen LogP contribution >= 0.6 is 0 Å². The van der Waals surface area contributed by atoms with Gasteiger partial charge in [0.15, 0.2) is 17.5 Å². The van der Waals surface area contributed by atoms with Gasteiger partial charge in [-0.3, -0.25) is 4.79 Å². The molecule has 6 heteroatoms. The van der Waals surface area contributed by atoms with Crippen LogP contribution in [0.15, 0.2) is 12.1 Å². The van der Waals surface area contributed by atoms with Crippen LogP contribution in [0.5, 0.6) is 5.75 Å². The SMILES string of the molecule is CCC1CCC(COC2CCC(C3CCC(C(=O)Oc4cc(F)c(F)c(F)c4)CC3)CC2)CC1. The van der Waals surface area contributed by atoms with Crippen molar-refractivity contribution in [1.29, 1.82) is 0 Å². The van der Waals surface area contributed by atoms with Gasteiger partial charge in [0.1, 0.15) is 5.75 Å². The van der Waals surface area contributed by atoms with Gasteiger partial charge in [0.05, 0.1) is 12.0 Å². The molecule has 1 aromatic rings. The number of hydrogen-bond donors (Lipinski definition) is 0. The van der Waals surface area contributed by atoms with Crippen molar-refractivity contribution >= 4 is 5.97 Å². The second kappa shape index (κ2) is 11.9. The first kappa shape index (κ1) is 25.5. The second-order valence-corrected chi connectivity index (χ2v) is 10.9. The van der Waals surface area contributed by atoms with Crippen molar-refractivity contribution in [3.05, 3.63) is 29.6 Å². The van der Waals surface area contributed by atoms with Crippen molar-refractivity contribution in [2.45, 2.75) is 96.5 Å². The molecular weight excluding hydrogens is 441 g/mol. The van der Waals surface area contributed by atoms with Crippen LogP contribution in [0, 0.1) is 47.0 Å². The van der Waals surface area contributed by atoms with E-state index in [4.69, 9.17) is 9.47 Å². The molecule has 0 aliphatic heterocycles. The predicted molar refractivity (Wildman–Crippen MR) is 125 cm³/mol. The number of ether oxygens (including phenoxy) is 2. The van der Waals surface area contributed by atoms with E-state index in [1.807, 2.05) is 0 Å². The minimum atomic E-state index is -1.56. The number of halogens is 3. The van der Waals surface area contributed by atoms with Gasteiger partial charge in [0.25, 0.3) is 0 Å². The summed E-state index contributed by atoms with van der Waals surface area (Å²) in [5, 5.41) is 0. The average Bonchev–Trinajstić information content (AvgIpc) is 2.86. The van der Waals surface area contributed by atoms with Crippen LogP contribution in [0.4, 0.5) is 13.2 Å². The summed E-state index contributed by atoms with van der Waals surface area (Å²) in [5.74, 6) is -2.29. The van der Waals surface area contributed by atoms with E-state index >= 15 is 0 Å². The number of esters is 1. The van der Waals surface area contributed by atoms with Crippen molar-refractivity contribution < 1.29 is 27.4 Å². The van der Waals surface area contributed by atoms with Crippen LogP contribution in [0.2, 0.25) is 0 Å². The fourth-order valence-corrected chi connectivity index (χ4v) is 6.42. The van der Waals surface area contributed by atoms with Gasteiger partial charge >= 0.3 is 5.97 Å². The second-order valence-electron chi connectivity index (χ2n) is 10.9. The maximum Gasteiger partial charge on any atom is 0.314 e. The summed E-state index contributed by atoms with van der Waals surface area (Å²) in [6.07, 6.45) is 15.2. The first-order valence-corrected chi connectivity index (χ1v) is 13.4. The lowest BCUT2D eigenvalue weighted by Gasteiger charge is -2.37. The molecular formula is C28H39F3O3. The maximum absolute atomic E-state index is 13.4. The highest BCUT2D eigenvalue weighted by Gasteiger charge is 2.34. The third-order valence-electron chi connectivity index (χ3n) is 8.78. The molecule has 0 N–H and O–H groups in total. The predicted octanol–water partition coefficient (Wildman–Crippen LogP) is 7.61. The molecule has 3 aliphatic rings. The number of hydrogen-bond acceptors (Lipinski definition) is 3. The fraction of sp³-hybridized carbons (Fsp3) is 0.750. The molecule has 0 bridgehead atoms. The van der Waals surface area contributed by atoms with E-state index in [0.717, 1.165) is 69.1 Å². The molecule has 0 heterocycles. The zero-order valence-electron chi connectivity index (χ0n) is 20.4. The monoisotopic (exact) mass is 480 g/mol. The van der Waals surface area contributed by atoms with E-state index in [2.05, 4.69) is 6.92 Å². The van der Waals surface area contributed by atoms with Gasteiger partial charge in [-0.1, -0.05) is 26.2 Å². The molecule has 0 spiro atoms. The first-order chi connectivity index (χ1) is 16.4. The van der Waals surface area contributed by atoms with Crippen LogP contribution in [0.3, 0.4) is 0 Å². The molecule has 1 aromatic carbocycles. The van der Waals surface area contributed by atoms with E-state index in [1.165, 1.54) is 44.9 Å². The largest absolute Gasteiger partial charge is 0.426 e. The minimum Gasteiger partial charge on any atom is -0.426 e. The zero-order valence-corrected chi connectivity index (χ0v) is 20.4. The molecule has 0 unspecified atom stereocenters. The van der Waals surface area contributed by atoms with Gasteiger partial charge in [-0.2, -0.15) is 0 Å². The lowest BCUT2D eigenvalue weighted by Crippen LogP contribution is -2.32. The van der Waals surface area contributed by atoms with Crippen molar-refractivity contribution in [2.75, 3.05) is 6.61 Å². The molecule has 0 aromatic heterocycles. The summed E-state index contributed by atoms with van der Waals surface area (Å²) in [7, 11) is 0. The summed E-state index contributed by atoms with van der Waals surface area (Å²) in [4.78, 5) is 12.5. The first-order valence-electron chi connectivity index (χ1n) is 13.4. The number of benzene rings is 1. The van der Waals surface area contributed by atoms with Gasteiger partial charge < -0.3 is 9.47 Å². The van der Waals surface area contributed by atoms with Crippen LogP contribution in [-0.2, 0) is 9.53 Å². The molecule has 0 radical (unpaired) electrons. The van der Waals surface area contributed by atoms with Gasteiger partial charge in [0.2, 0.25) is 0 Å². The molecule has 3 nitrogen and oxygen atoms in total. The van der Waals surface area contributed by atoms with Crippen LogP contribution < -0.4 is 4.74 Å². The van der Waals surface area contributed by atoms with Gasteiger partial charge in [0, 0.05) is 18.7 Å². The van der Waals surface area contributed by atoms with Crippen molar-refractivity contribution in [3.63, 3.8) is 0 Å². The van der Waals surface area contributed by atoms with Crippen molar-refractivity contribution in [2.24, 2.45) is 29.6 Å². The Morgan fingerprint density at radius 3 is 1.88 bits per heavy atom. The van der Waals surface area contributed by atoms with Gasteiger partial charge in [-0.25, -0.2) is 13.2 Å². The van der Waals surface area contributed by atoms with Crippen molar-refractivity contribution in [3.8, 4) is 5.75 Å². The Morgan fingerprint density at radius 2 is 1.32 bits per heavy atom. The zero-order chi connectivity index (χ0) is 24.1. The highest BCUT2D eigenvalue weighted by molar-refractivity contribution is 5.75. The van der Waals surface area contributed by atoms with Crippen LogP contribution in [-0.4, -0.2) is 18.7 Å². The summed E-state index contributed by atoms with van der Waals surface area (Å²) >= 11 is 0. The molecule has 3 fully saturated rings. The molecule has 34 heavy (non-hydrogen) atoms. The summed E-state index contributed by atoms with van der Waals surface area (Å²) < 4.78 is 51.3. The van der Waals surface area contributed by atoms with E-state index < -0.39 is 23.4 Å². The Balaban J connectivity index is 1.14. The highest BCUT2D eigenvalue weighted by atomic mass is 19.2. The molecule has 4 rings (SSSR count). The summed E-state index contributed by atoms with van der Waals surface area (Å²) in [6.45, 7) is 3.23. The van der Waals surface area contributed by atoms with E-state index in [0.29, 0.717) is 17.9 Å². The molecule has 190 valence electrons. The number of carbonyl (C=O) groups excluding carboxylic acids is 1. The molecule has 0 saturated heterocycles. The highest BCUT2D eigenvalue weighted by Crippen LogP contribution is 2.41. The quantitative estimate of drug-likeness (QED) is 0.229. The normalized spacial score (nSPS) is 32.4. The van der Waals surface area contributed by atoms with Crippen molar-refractivity contribution in [1.82, 2.24) is 0 Å². The van der Waals surface area contributed by atoms with Crippen LogP contribution in [0.1, 0.15) is 90.4 Å². The topological polar surface area (TPSA) is 35.5 Å². The third kappa shape index (κ3) is 6.56. The lowest BCUT2D eigenvalue weighted by molar-refractivity contribution is -0.140. The average molecular weight is 481 g/mol. The smallest absolute Gasteiger partial charge is 0.314 e. The lowest BCUT2D eigenvalue weighted by atomic mass is 9.70. The standard InChI is InChI=1S/C28H39F3O3/c1-2-18-3-5-19(6-4-18)17-33-23-13-11-21(12-14-23)20-7-9-22(10-8-20)28(32)34-24-15-25(29)27(31)26(30)16-24/h15-16,18-23H,2-14,17H2,1H3. The molecule has 0 atom stereocenters. The molecule has 3 saturated carbocycles. The minimum absolute atomic E-state index is 0.269. The molecule has 3 aliphatic carbocycles. The summed E-state index contributed by atoms with van der Waals surface area (Å²) in [6, 6.07) is 1.44. The van der Waals surface area contributed by atoms with E-state index in [9.17, 15) is 18.0 Å². The Bertz CT molecular complexity index is 782. The van der Waals surface area contributed by atoms with Gasteiger partial charge in [-0.15, -0.1) is 0 Å². The summed E-state index contributed by atoms with van der Waals surface area (Å²) in [5.41, 5.74) is 0. The Kier molecular flexibility index (Phi) is 8.95. The fourth-order valence-electron chi connectivity index (χ4n) is 6.42. The number of rotatable bonds is 7. The number of carbonyl (C=O) groups is 1. The van der Waals surface area contributed by atoms with Gasteiger partial charge in [-0.05, 0) is 87.9 Å². The maximum atomic E-state index is 13.4. The molecule has 0 amide bonds.